The zero-order valence-corrected chi connectivity index (χ0v) is 16.6. The molecule has 1 amide bonds. The lowest BCUT2D eigenvalue weighted by atomic mass is 10.1. The monoisotopic (exact) mass is 392 g/mol. The standard InChI is InChI=1S/C20H25FN2O3S/c1-16(2)22(15-17-8-5-4-6-9-17)20(24)12-13-23(27(3,25)26)19-11-7-10-18(21)14-19/h4-11,14,16H,12-13,15H2,1-3H3. The van der Waals surface area contributed by atoms with Gasteiger partial charge in [0.2, 0.25) is 15.9 Å². The highest BCUT2D eigenvalue weighted by atomic mass is 32.2. The Hall–Kier alpha value is -2.41. The Morgan fingerprint density at radius 2 is 1.74 bits per heavy atom. The minimum absolute atomic E-state index is 0.00853. The van der Waals surface area contributed by atoms with Crippen molar-refractivity contribution >= 4 is 21.6 Å². The molecule has 27 heavy (non-hydrogen) atoms. The second-order valence-corrected chi connectivity index (χ2v) is 8.57. The number of hydrogen-bond acceptors (Lipinski definition) is 3. The van der Waals surface area contributed by atoms with Crippen molar-refractivity contribution in [1.82, 2.24) is 4.90 Å². The van der Waals surface area contributed by atoms with Crippen LogP contribution in [-0.2, 0) is 21.4 Å². The SMILES string of the molecule is CC(C)N(Cc1ccccc1)C(=O)CCN(c1cccc(F)c1)S(C)(=O)=O. The van der Waals surface area contributed by atoms with E-state index in [0.717, 1.165) is 22.2 Å². The summed E-state index contributed by atoms with van der Waals surface area (Å²) in [6.07, 6.45) is 1.06. The first-order valence-electron chi connectivity index (χ1n) is 8.75. The molecule has 0 spiro atoms. The lowest BCUT2D eigenvalue weighted by molar-refractivity contribution is -0.133. The maximum Gasteiger partial charge on any atom is 0.232 e. The summed E-state index contributed by atoms with van der Waals surface area (Å²) in [5, 5.41) is 0. The Morgan fingerprint density at radius 1 is 1.07 bits per heavy atom. The van der Waals surface area contributed by atoms with Crippen LogP contribution in [0.4, 0.5) is 10.1 Å². The number of benzene rings is 2. The average molecular weight is 392 g/mol. The molecule has 7 heteroatoms. The van der Waals surface area contributed by atoms with Gasteiger partial charge in [-0.1, -0.05) is 36.4 Å². The number of carbonyl (C=O) groups excluding carboxylic acids is 1. The molecule has 0 heterocycles. The van der Waals surface area contributed by atoms with Crippen LogP contribution in [0.2, 0.25) is 0 Å². The normalized spacial score (nSPS) is 11.4. The molecule has 0 aliphatic heterocycles. The van der Waals surface area contributed by atoms with Crippen molar-refractivity contribution in [2.75, 3.05) is 17.1 Å². The van der Waals surface area contributed by atoms with E-state index in [9.17, 15) is 17.6 Å². The van der Waals surface area contributed by atoms with Crippen molar-refractivity contribution in [3.63, 3.8) is 0 Å². The van der Waals surface area contributed by atoms with Crippen molar-refractivity contribution < 1.29 is 17.6 Å². The molecule has 0 atom stereocenters. The molecule has 2 aromatic rings. The van der Waals surface area contributed by atoms with Crippen molar-refractivity contribution in [2.24, 2.45) is 0 Å². The fourth-order valence-corrected chi connectivity index (χ4v) is 3.72. The molecular weight excluding hydrogens is 367 g/mol. The van der Waals surface area contributed by atoms with Crippen LogP contribution in [0.3, 0.4) is 0 Å². The summed E-state index contributed by atoms with van der Waals surface area (Å²) in [6.45, 7) is 4.25. The van der Waals surface area contributed by atoms with E-state index in [2.05, 4.69) is 0 Å². The molecule has 2 aromatic carbocycles. The van der Waals surface area contributed by atoms with Crippen LogP contribution < -0.4 is 4.31 Å². The number of carbonyl (C=O) groups is 1. The quantitative estimate of drug-likeness (QED) is 0.692. The second-order valence-electron chi connectivity index (χ2n) is 6.67. The van der Waals surface area contributed by atoms with E-state index < -0.39 is 15.8 Å². The van der Waals surface area contributed by atoms with Gasteiger partial charge in [-0.15, -0.1) is 0 Å². The minimum atomic E-state index is -3.64. The molecule has 0 saturated carbocycles. The highest BCUT2D eigenvalue weighted by molar-refractivity contribution is 7.92. The zero-order valence-electron chi connectivity index (χ0n) is 15.8. The lowest BCUT2D eigenvalue weighted by Crippen LogP contribution is -2.39. The van der Waals surface area contributed by atoms with Crippen LogP contribution in [0.5, 0.6) is 0 Å². The van der Waals surface area contributed by atoms with Gasteiger partial charge in [0, 0.05) is 25.6 Å². The van der Waals surface area contributed by atoms with Gasteiger partial charge in [-0.25, -0.2) is 12.8 Å². The van der Waals surface area contributed by atoms with Crippen LogP contribution in [0.15, 0.2) is 54.6 Å². The van der Waals surface area contributed by atoms with Crippen molar-refractivity contribution in [1.29, 1.82) is 0 Å². The topological polar surface area (TPSA) is 57.7 Å². The fourth-order valence-electron chi connectivity index (χ4n) is 2.80. The van der Waals surface area contributed by atoms with Gasteiger partial charge in [0.05, 0.1) is 11.9 Å². The Balaban J connectivity index is 2.13. The van der Waals surface area contributed by atoms with Crippen LogP contribution in [0.25, 0.3) is 0 Å². The molecule has 5 nitrogen and oxygen atoms in total. The van der Waals surface area contributed by atoms with E-state index in [1.165, 1.54) is 18.2 Å². The van der Waals surface area contributed by atoms with E-state index in [-0.39, 0.29) is 30.6 Å². The predicted octanol–water partition coefficient (Wildman–Crippen LogP) is 3.42. The second kappa shape index (κ2) is 8.99. The number of anilines is 1. The summed E-state index contributed by atoms with van der Waals surface area (Å²) in [5.74, 6) is -0.681. The van der Waals surface area contributed by atoms with E-state index in [4.69, 9.17) is 0 Å². The molecule has 146 valence electrons. The van der Waals surface area contributed by atoms with Crippen LogP contribution in [0, 0.1) is 5.82 Å². The van der Waals surface area contributed by atoms with Crippen molar-refractivity contribution in [2.45, 2.75) is 32.9 Å². The minimum Gasteiger partial charge on any atom is -0.336 e. The molecule has 0 aliphatic carbocycles. The summed E-state index contributed by atoms with van der Waals surface area (Å²) in [4.78, 5) is 14.5. The Morgan fingerprint density at radius 3 is 2.30 bits per heavy atom. The predicted molar refractivity (Wildman–Crippen MR) is 105 cm³/mol. The first kappa shape index (κ1) is 20.9. The number of rotatable bonds is 8. The maximum atomic E-state index is 13.5. The summed E-state index contributed by atoms with van der Waals surface area (Å²) in [7, 11) is -3.64. The number of nitrogens with zero attached hydrogens (tertiary/aromatic N) is 2. The zero-order chi connectivity index (χ0) is 20.0. The Labute approximate surface area is 160 Å². The summed E-state index contributed by atoms with van der Waals surface area (Å²) >= 11 is 0. The summed E-state index contributed by atoms with van der Waals surface area (Å²) < 4.78 is 38.8. The van der Waals surface area contributed by atoms with E-state index >= 15 is 0 Å². The van der Waals surface area contributed by atoms with Gasteiger partial charge >= 0.3 is 0 Å². The summed E-state index contributed by atoms with van der Waals surface area (Å²) in [6, 6.07) is 14.9. The van der Waals surface area contributed by atoms with Gasteiger partial charge in [-0.3, -0.25) is 9.10 Å². The van der Waals surface area contributed by atoms with Gasteiger partial charge < -0.3 is 4.90 Å². The lowest BCUT2D eigenvalue weighted by Gasteiger charge is -2.29. The summed E-state index contributed by atoms with van der Waals surface area (Å²) in [5.41, 5.74) is 1.22. The van der Waals surface area contributed by atoms with E-state index in [0.29, 0.717) is 6.54 Å². The molecular formula is C20H25FN2O3S. The van der Waals surface area contributed by atoms with Crippen LogP contribution >= 0.6 is 0 Å². The molecule has 0 saturated heterocycles. The molecule has 0 N–H and O–H groups in total. The molecule has 0 fully saturated rings. The van der Waals surface area contributed by atoms with Crippen molar-refractivity contribution in [3.05, 3.63) is 66.0 Å². The number of hydrogen-bond donors (Lipinski definition) is 0. The van der Waals surface area contributed by atoms with E-state index in [1.807, 2.05) is 44.2 Å². The van der Waals surface area contributed by atoms with Crippen molar-refractivity contribution in [3.8, 4) is 0 Å². The largest absolute Gasteiger partial charge is 0.336 e. The van der Waals surface area contributed by atoms with Gasteiger partial charge in [0.1, 0.15) is 5.82 Å². The third kappa shape index (κ3) is 6.06. The first-order chi connectivity index (χ1) is 12.7. The third-order valence-electron chi connectivity index (χ3n) is 4.16. The Kier molecular flexibility index (Phi) is 6.96. The van der Waals surface area contributed by atoms with Gasteiger partial charge in [-0.2, -0.15) is 0 Å². The van der Waals surface area contributed by atoms with Crippen LogP contribution in [0.1, 0.15) is 25.8 Å². The molecule has 0 aromatic heterocycles. The molecule has 0 aliphatic rings. The Bertz CT molecular complexity index is 870. The highest BCUT2D eigenvalue weighted by Crippen LogP contribution is 2.19. The average Bonchev–Trinajstić information content (AvgIpc) is 2.59. The van der Waals surface area contributed by atoms with Crippen LogP contribution in [-0.4, -0.2) is 38.1 Å². The van der Waals surface area contributed by atoms with Gasteiger partial charge in [0.25, 0.3) is 0 Å². The van der Waals surface area contributed by atoms with E-state index in [1.54, 1.807) is 4.90 Å². The first-order valence-corrected chi connectivity index (χ1v) is 10.6. The fraction of sp³-hybridized carbons (Fsp3) is 0.350. The molecule has 0 unspecified atom stereocenters. The number of amides is 1. The third-order valence-corrected chi connectivity index (χ3v) is 5.36. The van der Waals surface area contributed by atoms with Gasteiger partial charge in [-0.05, 0) is 37.6 Å². The molecule has 2 rings (SSSR count). The smallest absolute Gasteiger partial charge is 0.232 e. The maximum absolute atomic E-state index is 13.5. The molecule has 0 bridgehead atoms. The highest BCUT2D eigenvalue weighted by Gasteiger charge is 2.22. The molecule has 0 radical (unpaired) electrons. The van der Waals surface area contributed by atoms with Gasteiger partial charge in [0.15, 0.2) is 0 Å². The number of halogens is 1. The number of sulfonamides is 1.